The summed E-state index contributed by atoms with van der Waals surface area (Å²) in [4.78, 5) is 35.4. The summed E-state index contributed by atoms with van der Waals surface area (Å²) >= 11 is 0. The van der Waals surface area contributed by atoms with Gasteiger partial charge >= 0.3 is 5.97 Å². The molecule has 2 N–H and O–H groups in total. The SMILES string of the molecule is COCCNc1ccc([N+](=O)[O-])cc1C(=O)O[C@H](C)C(=O)Nc1ccccc1C#N. The standard InChI is InChI=1S/C20H20N4O6/c1-13(19(25)23-17-6-4-3-5-14(17)12-21)30-20(26)16-11-15(24(27)28)7-8-18(16)22-9-10-29-2/h3-8,11,13,22H,9-10H2,1-2H3,(H,23,25)/t13-/m1/s1. The fraction of sp³-hybridized carbons (Fsp3) is 0.250. The minimum absolute atomic E-state index is 0.0858. The summed E-state index contributed by atoms with van der Waals surface area (Å²) in [6.07, 6.45) is -1.21. The fourth-order valence-electron chi connectivity index (χ4n) is 2.46. The minimum Gasteiger partial charge on any atom is -0.449 e. The zero-order valence-corrected chi connectivity index (χ0v) is 16.4. The number of nitro groups is 1. The average Bonchev–Trinajstić information content (AvgIpc) is 2.74. The van der Waals surface area contributed by atoms with Gasteiger partial charge in [0.2, 0.25) is 0 Å². The van der Waals surface area contributed by atoms with Gasteiger partial charge in [0.25, 0.3) is 11.6 Å². The first-order valence-electron chi connectivity index (χ1n) is 8.89. The Morgan fingerprint density at radius 2 is 1.97 bits per heavy atom. The molecule has 0 saturated heterocycles. The highest BCUT2D eigenvalue weighted by molar-refractivity contribution is 6.00. The van der Waals surface area contributed by atoms with Crippen molar-refractivity contribution in [2.75, 3.05) is 30.9 Å². The Bertz CT molecular complexity index is 986. The Morgan fingerprint density at radius 1 is 1.23 bits per heavy atom. The van der Waals surface area contributed by atoms with Gasteiger partial charge in [-0.2, -0.15) is 5.26 Å². The molecule has 0 aliphatic rings. The fourth-order valence-corrected chi connectivity index (χ4v) is 2.46. The van der Waals surface area contributed by atoms with Crippen LogP contribution in [0.4, 0.5) is 17.1 Å². The van der Waals surface area contributed by atoms with Crippen LogP contribution in [0.25, 0.3) is 0 Å². The van der Waals surface area contributed by atoms with Gasteiger partial charge in [-0.15, -0.1) is 0 Å². The first kappa shape index (κ1) is 22.3. The van der Waals surface area contributed by atoms with Crippen molar-refractivity contribution >= 4 is 28.9 Å². The number of benzene rings is 2. The van der Waals surface area contributed by atoms with Gasteiger partial charge in [0, 0.05) is 31.5 Å². The molecule has 0 aliphatic heterocycles. The molecule has 2 aromatic rings. The molecular weight excluding hydrogens is 392 g/mol. The maximum Gasteiger partial charge on any atom is 0.341 e. The molecule has 0 heterocycles. The van der Waals surface area contributed by atoms with E-state index in [4.69, 9.17) is 14.7 Å². The maximum atomic E-state index is 12.6. The van der Waals surface area contributed by atoms with Gasteiger partial charge in [-0.05, 0) is 25.1 Å². The predicted molar refractivity (Wildman–Crippen MR) is 108 cm³/mol. The van der Waals surface area contributed by atoms with Crippen molar-refractivity contribution in [3.05, 3.63) is 63.7 Å². The highest BCUT2D eigenvalue weighted by atomic mass is 16.6. The van der Waals surface area contributed by atoms with Crippen LogP contribution < -0.4 is 10.6 Å². The number of carbonyl (C=O) groups excluding carboxylic acids is 2. The lowest BCUT2D eigenvalue weighted by atomic mass is 10.1. The number of para-hydroxylation sites is 1. The summed E-state index contributed by atoms with van der Waals surface area (Å²) in [6, 6.07) is 12.0. The number of methoxy groups -OCH3 is 1. The third kappa shape index (κ3) is 5.76. The Hall–Kier alpha value is -3.97. The van der Waals surface area contributed by atoms with Crippen molar-refractivity contribution in [3.8, 4) is 6.07 Å². The summed E-state index contributed by atoms with van der Waals surface area (Å²) in [5, 5.41) is 25.6. The molecule has 156 valence electrons. The molecule has 30 heavy (non-hydrogen) atoms. The molecule has 1 amide bonds. The predicted octanol–water partition coefficient (Wildman–Crippen LogP) is 2.71. The van der Waals surface area contributed by atoms with Crippen LogP contribution >= 0.6 is 0 Å². The van der Waals surface area contributed by atoms with Gasteiger partial charge in [-0.3, -0.25) is 14.9 Å². The number of nitro benzene ring substituents is 1. The zero-order chi connectivity index (χ0) is 22.1. The van der Waals surface area contributed by atoms with Crippen molar-refractivity contribution in [2.24, 2.45) is 0 Å². The third-order valence-electron chi connectivity index (χ3n) is 4.01. The first-order valence-corrected chi connectivity index (χ1v) is 8.89. The number of nitriles is 1. The third-order valence-corrected chi connectivity index (χ3v) is 4.01. The molecule has 0 radical (unpaired) electrons. The number of carbonyl (C=O) groups is 2. The van der Waals surface area contributed by atoms with Crippen molar-refractivity contribution in [1.82, 2.24) is 0 Å². The molecular formula is C20H20N4O6. The van der Waals surface area contributed by atoms with Crippen LogP contribution in [0.1, 0.15) is 22.8 Å². The number of ether oxygens (including phenoxy) is 2. The van der Waals surface area contributed by atoms with E-state index in [1.165, 1.54) is 32.2 Å². The highest BCUT2D eigenvalue weighted by Crippen LogP contribution is 2.24. The molecule has 10 nitrogen and oxygen atoms in total. The molecule has 2 aromatic carbocycles. The van der Waals surface area contributed by atoms with E-state index < -0.39 is 22.9 Å². The number of anilines is 2. The van der Waals surface area contributed by atoms with E-state index in [0.29, 0.717) is 18.8 Å². The number of hydrogen-bond donors (Lipinski definition) is 2. The van der Waals surface area contributed by atoms with Crippen molar-refractivity contribution in [3.63, 3.8) is 0 Å². The molecule has 0 aromatic heterocycles. The van der Waals surface area contributed by atoms with E-state index in [2.05, 4.69) is 10.6 Å². The number of amides is 1. The van der Waals surface area contributed by atoms with E-state index in [9.17, 15) is 19.7 Å². The summed E-state index contributed by atoms with van der Waals surface area (Å²) in [6.45, 7) is 2.07. The van der Waals surface area contributed by atoms with Crippen LogP contribution in [-0.2, 0) is 14.3 Å². The van der Waals surface area contributed by atoms with Gasteiger partial charge in [0.15, 0.2) is 6.10 Å². The highest BCUT2D eigenvalue weighted by Gasteiger charge is 2.23. The van der Waals surface area contributed by atoms with E-state index in [1.54, 1.807) is 18.2 Å². The molecule has 0 bridgehead atoms. The number of rotatable bonds is 9. The first-order chi connectivity index (χ1) is 14.4. The lowest BCUT2D eigenvalue weighted by Crippen LogP contribution is -2.30. The smallest absolute Gasteiger partial charge is 0.341 e. The van der Waals surface area contributed by atoms with E-state index in [0.717, 1.165) is 6.07 Å². The molecule has 1 atom stereocenters. The number of nitrogens with one attached hydrogen (secondary N) is 2. The van der Waals surface area contributed by atoms with Gasteiger partial charge in [0.1, 0.15) is 6.07 Å². The average molecular weight is 412 g/mol. The molecule has 0 spiro atoms. The van der Waals surface area contributed by atoms with Crippen LogP contribution in [0.15, 0.2) is 42.5 Å². The summed E-state index contributed by atoms with van der Waals surface area (Å²) < 4.78 is 10.1. The lowest BCUT2D eigenvalue weighted by molar-refractivity contribution is -0.384. The summed E-state index contributed by atoms with van der Waals surface area (Å²) in [5.41, 5.74) is 0.472. The van der Waals surface area contributed by atoms with Gasteiger partial charge in [0.05, 0.1) is 28.3 Å². The van der Waals surface area contributed by atoms with Crippen molar-refractivity contribution in [2.45, 2.75) is 13.0 Å². The Kier molecular flexibility index (Phi) is 7.84. The second kappa shape index (κ2) is 10.5. The van der Waals surface area contributed by atoms with Gasteiger partial charge in [-0.25, -0.2) is 4.79 Å². The van der Waals surface area contributed by atoms with Crippen LogP contribution in [0.5, 0.6) is 0 Å². The Morgan fingerprint density at radius 3 is 2.63 bits per heavy atom. The second-order valence-electron chi connectivity index (χ2n) is 6.10. The lowest BCUT2D eigenvalue weighted by Gasteiger charge is -2.16. The van der Waals surface area contributed by atoms with Crippen LogP contribution in [0.3, 0.4) is 0 Å². The maximum absolute atomic E-state index is 12.6. The van der Waals surface area contributed by atoms with E-state index in [-0.39, 0.29) is 22.5 Å². The van der Waals surface area contributed by atoms with E-state index in [1.807, 2.05) is 6.07 Å². The van der Waals surface area contributed by atoms with E-state index >= 15 is 0 Å². The molecule has 2 rings (SSSR count). The van der Waals surface area contributed by atoms with Gasteiger partial charge < -0.3 is 20.1 Å². The van der Waals surface area contributed by atoms with Gasteiger partial charge in [-0.1, -0.05) is 12.1 Å². The Balaban J connectivity index is 2.16. The monoisotopic (exact) mass is 412 g/mol. The normalized spacial score (nSPS) is 11.1. The van der Waals surface area contributed by atoms with Crippen LogP contribution in [0, 0.1) is 21.4 Å². The number of non-ortho nitro benzene ring substituents is 1. The molecule has 0 saturated carbocycles. The molecule has 10 heteroatoms. The van der Waals surface area contributed by atoms with Crippen molar-refractivity contribution < 1.29 is 24.0 Å². The second-order valence-corrected chi connectivity index (χ2v) is 6.10. The molecule has 0 unspecified atom stereocenters. The number of hydrogen-bond acceptors (Lipinski definition) is 8. The largest absolute Gasteiger partial charge is 0.449 e. The zero-order valence-electron chi connectivity index (χ0n) is 16.4. The quantitative estimate of drug-likeness (QED) is 0.277. The Labute approximate surface area is 172 Å². The minimum atomic E-state index is -1.21. The summed E-state index contributed by atoms with van der Waals surface area (Å²) in [5.74, 6) is -1.56. The van der Waals surface area contributed by atoms with Crippen molar-refractivity contribution in [1.29, 1.82) is 5.26 Å². The molecule has 0 aliphatic carbocycles. The molecule has 0 fully saturated rings. The van der Waals surface area contributed by atoms with Crippen LogP contribution in [-0.4, -0.2) is 43.2 Å². The number of nitrogens with zero attached hydrogens (tertiary/aromatic N) is 2. The number of esters is 1. The summed E-state index contributed by atoms with van der Waals surface area (Å²) in [7, 11) is 1.51. The topological polar surface area (TPSA) is 144 Å². The van der Waals surface area contributed by atoms with Crippen LogP contribution in [0.2, 0.25) is 0 Å².